The van der Waals surface area contributed by atoms with Gasteiger partial charge in [0.15, 0.2) is 0 Å². The summed E-state index contributed by atoms with van der Waals surface area (Å²) in [6.45, 7) is 6.51. The number of allylic oxidation sites excluding steroid dienone is 2. The molecule has 0 bridgehead atoms. The second-order valence-corrected chi connectivity index (χ2v) is 5.84. The topological polar surface area (TPSA) is 65.4 Å². The maximum atomic E-state index is 11.9. The molecule has 0 spiro atoms. The summed E-state index contributed by atoms with van der Waals surface area (Å²) >= 11 is 0. The lowest BCUT2D eigenvalue weighted by Crippen LogP contribution is -2.39. The van der Waals surface area contributed by atoms with Crippen LogP contribution in [0.4, 0.5) is 0 Å². The van der Waals surface area contributed by atoms with E-state index in [0.29, 0.717) is 24.6 Å². The number of nitrogens with zero attached hydrogens (tertiary/aromatic N) is 1. The summed E-state index contributed by atoms with van der Waals surface area (Å²) in [5.41, 5.74) is 1.49. The predicted molar refractivity (Wildman–Crippen MR) is 97.7 cm³/mol. The Kier molecular flexibility index (Phi) is 7.39. The molecule has 1 aliphatic heterocycles. The molecular weight excluding hydrogens is 302 g/mol. The van der Waals surface area contributed by atoms with Gasteiger partial charge in [0, 0.05) is 27.3 Å². The summed E-state index contributed by atoms with van der Waals surface area (Å²) in [6.07, 6.45) is 6.09. The zero-order valence-electron chi connectivity index (χ0n) is 13.9. The van der Waals surface area contributed by atoms with Gasteiger partial charge in [-0.1, -0.05) is 43.0 Å². The van der Waals surface area contributed by atoms with Crippen molar-refractivity contribution >= 4 is 12.1 Å². The predicted octanol–water partition coefficient (Wildman–Crippen LogP) is 2.95. The van der Waals surface area contributed by atoms with Crippen LogP contribution in [0.5, 0.6) is 0 Å². The van der Waals surface area contributed by atoms with Gasteiger partial charge < -0.3 is 10.7 Å². The first kappa shape index (κ1) is 18.1. The lowest BCUT2D eigenvalue weighted by molar-refractivity contribution is -0.183. The Labute approximate surface area is 144 Å². The normalized spacial score (nSPS) is 16.6. The van der Waals surface area contributed by atoms with E-state index in [1.54, 1.807) is 6.08 Å². The molecule has 1 aliphatic rings. The molecular formula is C19H27N3O2. The molecule has 0 atom stereocenters. The van der Waals surface area contributed by atoms with Crippen molar-refractivity contribution in [3.05, 3.63) is 60.2 Å². The van der Waals surface area contributed by atoms with E-state index in [-0.39, 0.29) is 7.33 Å². The van der Waals surface area contributed by atoms with Crippen LogP contribution in [-0.2, 0) is 16.2 Å². The molecule has 1 heterocycles. The van der Waals surface area contributed by atoms with Gasteiger partial charge in [0.25, 0.3) is 5.91 Å². The number of rotatable bonds is 8. The zero-order valence-corrected chi connectivity index (χ0v) is 13.9. The van der Waals surface area contributed by atoms with Gasteiger partial charge in [-0.2, -0.15) is 5.06 Å². The van der Waals surface area contributed by atoms with Crippen LogP contribution in [0.2, 0.25) is 0 Å². The third-order valence-electron chi connectivity index (χ3n) is 4.10. The van der Waals surface area contributed by atoms with Crippen LogP contribution >= 0.6 is 0 Å². The Morgan fingerprint density at radius 3 is 2.71 bits per heavy atom. The van der Waals surface area contributed by atoms with Crippen LogP contribution in [0, 0.1) is 11.3 Å². The third-order valence-corrected chi connectivity index (χ3v) is 4.10. The summed E-state index contributed by atoms with van der Waals surface area (Å²) in [5, 5.41) is 12.1. The summed E-state index contributed by atoms with van der Waals surface area (Å²) in [6, 6.07) is 10.1. The molecule has 24 heavy (non-hydrogen) atoms. The number of hydroxylamine groups is 2. The van der Waals surface area contributed by atoms with Gasteiger partial charge in [0.1, 0.15) is 0 Å². The summed E-state index contributed by atoms with van der Waals surface area (Å²) in [7, 11) is 0. The number of carbonyl (C=O) groups excluding carboxylic acids is 1. The Balaban J connectivity index is 0.00000312. The molecule has 1 saturated heterocycles. The molecule has 0 saturated carbocycles. The largest absolute Gasteiger partial charge is 0.352 e. The fourth-order valence-electron chi connectivity index (χ4n) is 2.64. The highest BCUT2D eigenvalue weighted by Gasteiger charge is 2.20. The standard InChI is InChI=1S/C19H25N3O2.H2/c1-2-6-18(13-20)19(23)21-14-16-9-11-22(12-10-16)24-15-17-7-4-3-5-8-17;/h2-8,13,16,20H,1,9-12,14-15H2,(H,21,23);1H/b18-6+,20-13?;. The monoisotopic (exact) mass is 329 g/mol. The van der Waals surface area contributed by atoms with Crippen LogP contribution in [0.3, 0.4) is 0 Å². The Hall–Kier alpha value is -2.24. The highest BCUT2D eigenvalue weighted by Crippen LogP contribution is 2.17. The zero-order chi connectivity index (χ0) is 17.2. The number of hydrogen-bond donors (Lipinski definition) is 2. The first-order valence-electron chi connectivity index (χ1n) is 8.26. The van der Waals surface area contributed by atoms with Crippen molar-refractivity contribution in [3.8, 4) is 0 Å². The van der Waals surface area contributed by atoms with Gasteiger partial charge >= 0.3 is 0 Å². The molecule has 1 fully saturated rings. The van der Waals surface area contributed by atoms with Gasteiger partial charge in [0.05, 0.1) is 12.2 Å². The fraction of sp³-hybridized carbons (Fsp3) is 0.368. The van der Waals surface area contributed by atoms with E-state index < -0.39 is 0 Å². The Morgan fingerprint density at radius 1 is 1.38 bits per heavy atom. The van der Waals surface area contributed by atoms with Gasteiger partial charge in [-0.3, -0.25) is 9.63 Å². The lowest BCUT2D eigenvalue weighted by atomic mass is 9.98. The Bertz CT molecular complexity index is 582. The van der Waals surface area contributed by atoms with Crippen molar-refractivity contribution in [1.29, 1.82) is 5.41 Å². The van der Waals surface area contributed by atoms with Crippen molar-refractivity contribution in [2.45, 2.75) is 19.4 Å². The number of nitrogens with one attached hydrogen (secondary N) is 2. The summed E-state index contributed by atoms with van der Waals surface area (Å²) in [4.78, 5) is 17.7. The smallest absolute Gasteiger partial charge is 0.252 e. The minimum Gasteiger partial charge on any atom is -0.352 e. The quantitative estimate of drug-likeness (QED) is 0.438. The molecule has 0 radical (unpaired) electrons. The molecule has 5 nitrogen and oxygen atoms in total. The van der Waals surface area contributed by atoms with E-state index in [1.165, 1.54) is 11.6 Å². The van der Waals surface area contributed by atoms with Crippen molar-refractivity contribution in [2.24, 2.45) is 5.92 Å². The van der Waals surface area contributed by atoms with Crippen LogP contribution in [0.25, 0.3) is 0 Å². The Morgan fingerprint density at radius 2 is 2.08 bits per heavy atom. The molecule has 0 aromatic heterocycles. The fourth-order valence-corrected chi connectivity index (χ4v) is 2.64. The van der Waals surface area contributed by atoms with Gasteiger partial charge in [-0.15, -0.1) is 0 Å². The van der Waals surface area contributed by atoms with Crippen molar-refractivity contribution < 1.29 is 11.1 Å². The maximum absolute atomic E-state index is 11.9. The number of amides is 1. The number of benzene rings is 1. The second-order valence-electron chi connectivity index (χ2n) is 5.84. The van der Waals surface area contributed by atoms with Crippen molar-refractivity contribution in [1.82, 2.24) is 10.4 Å². The van der Waals surface area contributed by atoms with E-state index in [4.69, 9.17) is 10.2 Å². The first-order valence-corrected chi connectivity index (χ1v) is 8.26. The maximum Gasteiger partial charge on any atom is 0.252 e. The molecule has 130 valence electrons. The van der Waals surface area contributed by atoms with Crippen LogP contribution in [0.1, 0.15) is 19.8 Å². The van der Waals surface area contributed by atoms with Crippen LogP contribution in [-0.4, -0.2) is 36.8 Å². The van der Waals surface area contributed by atoms with Gasteiger partial charge in [-0.05, 0) is 30.4 Å². The summed E-state index contributed by atoms with van der Waals surface area (Å²) < 4.78 is 0. The molecule has 2 rings (SSSR count). The molecule has 5 heteroatoms. The number of hydrogen-bond acceptors (Lipinski definition) is 4. The van der Waals surface area contributed by atoms with Crippen LogP contribution < -0.4 is 5.32 Å². The van der Waals surface area contributed by atoms with E-state index in [9.17, 15) is 4.79 Å². The van der Waals surface area contributed by atoms with E-state index in [0.717, 1.165) is 32.1 Å². The minimum absolute atomic E-state index is 0. The highest BCUT2D eigenvalue weighted by molar-refractivity contribution is 6.11. The van der Waals surface area contributed by atoms with E-state index in [2.05, 4.69) is 24.0 Å². The molecule has 0 aliphatic carbocycles. The van der Waals surface area contributed by atoms with Crippen molar-refractivity contribution in [3.63, 3.8) is 0 Å². The van der Waals surface area contributed by atoms with E-state index >= 15 is 0 Å². The highest BCUT2D eigenvalue weighted by atomic mass is 16.7. The SMILES string of the molecule is C=C/C=C(\C=N)C(=O)NCC1CCN(OCc2ccccc2)CC1.[HH]. The second kappa shape index (κ2) is 9.80. The molecule has 1 aromatic rings. The third kappa shape index (κ3) is 5.76. The van der Waals surface area contributed by atoms with Crippen molar-refractivity contribution in [2.75, 3.05) is 19.6 Å². The van der Waals surface area contributed by atoms with Gasteiger partial charge in [-0.25, -0.2) is 0 Å². The van der Waals surface area contributed by atoms with Gasteiger partial charge in [0.2, 0.25) is 0 Å². The molecule has 1 aromatic carbocycles. The number of carbonyl (C=O) groups is 1. The summed E-state index contributed by atoms with van der Waals surface area (Å²) in [5.74, 6) is 0.230. The average Bonchev–Trinajstić information content (AvgIpc) is 2.64. The lowest BCUT2D eigenvalue weighted by Gasteiger charge is -2.31. The molecule has 0 unspecified atom stereocenters. The molecule has 2 N–H and O–H groups in total. The minimum atomic E-state index is -0.215. The first-order chi connectivity index (χ1) is 11.7. The molecule has 1 amide bonds. The van der Waals surface area contributed by atoms with Crippen LogP contribution in [0.15, 0.2) is 54.6 Å². The average molecular weight is 329 g/mol. The van der Waals surface area contributed by atoms with E-state index in [1.807, 2.05) is 23.3 Å². The number of piperidine rings is 1.